The fraction of sp³-hybridized carbons (Fsp3) is 0.0571. The Morgan fingerprint density at radius 1 is 0.641 bits per heavy atom. The number of hydrogen-bond donors (Lipinski definition) is 0. The van der Waals surface area contributed by atoms with E-state index in [1.165, 1.54) is 44.5 Å². The van der Waals surface area contributed by atoms with Crippen molar-refractivity contribution in [2.45, 2.75) is 10.0 Å². The van der Waals surface area contributed by atoms with Gasteiger partial charge in [0.15, 0.2) is 0 Å². The molecule has 0 fully saturated rings. The molecule has 4 heteroatoms. The molecule has 0 saturated carbocycles. The number of benzene rings is 4. The second-order valence-corrected chi connectivity index (χ2v) is 15.8. The van der Waals surface area contributed by atoms with E-state index in [1.807, 2.05) is 6.26 Å². The minimum absolute atomic E-state index is 0. The molecule has 4 aromatic carbocycles. The van der Waals surface area contributed by atoms with Crippen molar-refractivity contribution >= 4 is 8.78 Å². The fourth-order valence-corrected chi connectivity index (χ4v) is 15.6. The van der Waals surface area contributed by atoms with Gasteiger partial charge in [-0.05, 0) is 0 Å². The summed E-state index contributed by atoms with van der Waals surface area (Å²) in [5.41, 5.74) is 11.1. The molecule has 2 aliphatic carbocycles. The topological polar surface area (TPSA) is 13.1 Å². The van der Waals surface area contributed by atoms with E-state index in [4.69, 9.17) is 4.42 Å². The summed E-state index contributed by atoms with van der Waals surface area (Å²) < 4.78 is 9.19. The molecule has 1 heterocycles. The van der Waals surface area contributed by atoms with Gasteiger partial charge >= 0.3 is 227 Å². The van der Waals surface area contributed by atoms with Crippen molar-refractivity contribution in [3.05, 3.63) is 171 Å². The third kappa shape index (κ3) is 4.91. The van der Waals surface area contributed by atoms with Gasteiger partial charge in [0.1, 0.15) is 0 Å². The Morgan fingerprint density at radius 3 is 1.72 bits per heavy atom. The van der Waals surface area contributed by atoms with Crippen LogP contribution in [0.2, 0.25) is 0 Å². The van der Waals surface area contributed by atoms with Crippen molar-refractivity contribution in [2.75, 3.05) is 0 Å². The molecule has 1 aromatic heterocycles. The van der Waals surface area contributed by atoms with E-state index in [2.05, 4.69) is 127 Å². The fourth-order valence-electron chi connectivity index (χ4n) is 6.07. The molecule has 0 spiro atoms. The van der Waals surface area contributed by atoms with Crippen LogP contribution in [0.3, 0.4) is 0 Å². The first-order chi connectivity index (χ1) is 18.4. The zero-order chi connectivity index (χ0) is 24.6. The molecule has 0 saturated heterocycles. The zero-order valence-corrected chi connectivity index (χ0v) is 25.2. The molecule has 7 rings (SSSR count). The van der Waals surface area contributed by atoms with Gasteiger partial charge in [0.2, 0.25) is 0 Å². The predicted molar refractivity (Wildman–Crippen MR) is 149 cm³/mol. The normalized spacial score (nSPS) is 13.1. The van der Waals surface area contributed by atoms with Crippen LogP contribution in [0.15, 0.2) is 148 Å². The maximum Gasteiger partial charge on any atom is -1.00 e. The Balaban J connectivity index is 0.00000154. The molecule has 0 N–H and O–H groups in total. The molecular formula is C35H26Cl2OZr. The molecule has 0 radical (unpaired) electrons. The monoisotopic (exact) mass is 622 g/mol. The van der Waals surface area contributed by atoms with Gasteiger partial charge in [0.05, 0.1) is 0 Å². The second-order valence-electron chi connectivity index (χ2n) is 9.64. The SMILES string of the molecule is C1=CC(c2ccoc2)=[C]([Zr+2](=[C](c2ccccc2)c2ccccc2)[CH]2c3ccccc3-c3ccccc32)C1.[Cl-].[Cl-]. The largest absolute Gasteiger partial charge is 1.00 e. The van der Waals surface area contributed by atoms with Crippen LogP contribution in [-0.2, 0) is 21.3 Å². The van der Waals surface area contributed by atoms with Crippen LogP contribution in [0.4, 0.5) is 0 Å². The van der Waals surface area contributed by atoms with E-state index in [-0.39, 0.29) is 24.8 Å². The number of halogens is 2. The van der Waals surface area contributed by atoms with Gasteiger partial charge in [-0.2, -0.15) is 0 Å². The summed E-state index contributed by atoms with van der Waals surface area (Å²) in [5, 5.41) is 0. The third-order valence-electron chi connectivity index (χ3n) is 7.61. The van der Waals surface area contributed by atoms with Crippen LogP contribution in [0, 0.1) is 0 Å². The molecule has 0 atom stereocenters. The Kier molecular flexibility index (Phi) is 8.48. The summed E-state index contributed by atoms with van der Waals surface area (Å²) in [7, 11) is 0. The minimum atomic E-state index is -2.74. The Labute approximate surface area is 249 Å². The molecular weight excluding hydrogens is 599 g/mol. The van der Waals surface area contributed by atoms with Gasteiger partial charge in [0.25, 0.3) is 0 Å². The average molecular weight is 625 g/mol. The van der Waals surface area contributed by atoms with E-state index in [9.17, 15) is 0 Å². The maximum atomic E-state index is 5.57. The summed E-state index contributed by atoms with van der Waals surface area (Å²) in [4.78, 5) is 0. The Morgan fingerprint density at radius 2 is 1.18 bits per heavy atom. The van der Waals surface area contributed by atoms with Crippen molar-refractivity contribution < 1.29 is 50.5 Å². The van der Waals surface area contributed by atoms with E-state index >= 15 is 0 Å². The number of allylic oxidation sites excluding steroid dienone is 4. The predicted octanol–water partition coefficient (Wildman–Crippen LogP) is 2.62. The summed E-state index contributed by atoms with van der Waals surface area (Å²) in [6.45, 7) is 0. The zero-order valence-electron chi connectivity index (χ0n) is 21.2. The first-order valence-electron chi connectivity index (χ1n) is 12.9. The smallest absolute Gasteiger partial charge is 1.00 e. The molecule has 0 aliphatic heterocycles. The number of furan rings is 1. The second kappa shape index (κ2) is 12.0. The quantitative estimate of drug-likeness (QED) is 0.293. The van der Waals surface area contributed by atoms with Gasteiger partial charge in [0, 0.05) is 0 Å². The van der Waals surface area contributed by atoms with Gasteiger partial charge in [-0.15, -0.1) is 0 Å². The Bertz CT molecular complexity index is 1600. The maximum absolute atomic E-state index is 5.57. The van der Waals surface area contributed by atoms with Crippen LogP contribution in [-0.4, -0.2) is 3.21 Å². The molecule has 0 amide bonds. The Hall–Kier alpha value is -3.03. The van der Waals surface area contributed by atoms with Gasteiger partial charge in [-0.3, -0.25) is 0 Å². The summed E-state index contributed by atoms with van der Waals surface area (Å²) >= 11 is -2.74. The average Bonchev–Trinajstić information content (AvgIpc) is 3.72. The summed E-state index contributed by atoms with van der Waals surface area (Å²) in [6, 6.07) is 42.6. The molecule has 5 aromatic rings. The van der Waals surface area contributed by atoms with Gasteiger partial charge in [-0.1, -0.05) is 0 Å². The van der Waals surface area contributed by atoms with Crippen LogP contribution in [0.5, 0.6) is 0 Å². The summed E-state index contributed by atoms with van der Waals surface area (Å²) in [6.07, 6.45) is 9.42. The van der Waals surface area contributed by atoms with Crippen molar-refractivity contribution in [3.8, 4) is 11.1 Å². The standard InChI is InChI=1S/C13H9.C13H10.C9H7O.2ClH.Zr/c1-3-7-12-10(5-1)9-11-6-2-4-8-13(11)12;1-3-7-12(8-4-1)11-13-9-5-2-6-10-13;1-2-4-8(3-1)9-5-6-10-7-9;;;/h1-9H;1-10H;1,3,5-7H,2H2;2*1H;/q;;;;;+2/p-2. The molecule has 2 aliphatic rings. The summed E-state index contributed by atoms with van der Waals surface area (Å²) in [5.74, 6) is 0. The van der Waals surface area contributed by atoms with E-state index in [1.54, 1.807) is 12.8 Å². The van der Waals surface area contributed by atoms with Crippen LogP contribution >= 0.6 is 0 Å². The van der Waals surface area contributed by atoms with E-state index < -0.39 is 21.3 Å². The molecule has 39 heavy (non-hydrogen) atoms. The number of hydrogen-bond acceptors (Lipinski definition) is 1. The van der Waals surface area contributed by atoms with E-state index in [0.717, 1.165) is 6.42 Å². The van der Waals surface area contributed by atoms with Gasteiger partial charge in [-0.25, -0.2) is 0 Å². The van der Waals surface area contributed by atoms with E-state index in [0.29, 0.717) is 3.63 Å². The van der Waals surface area contributed by atoms with Crippen LogP contribution in [0.1, 0.15) is 37.9 Å². The van der Waals surface area contributed by atoms with Crippen molar-refractivity contribution in [1.82, 2.24) is 0 Å². The van der Waals surface area contributed by atoms with Crippen molar-refractivity contribution in [1.29, 1.82) is 0 Å². The van der Waals surface area contributed by atoms with Crippen molar-refractivity contribution in [3.63, 3.8) is 0 Å². The molecule has 190 valence electrons. The molecule has 0 bridgehead atoms. The number of fused-ring (bicyclic) bond motifs is 3. The third-order valence-corrected chi connectivity index (χ3v) is 16.1. The van der Waals surface area contributed by atoms with Crippen LogP contribution < -0.4 is 24.8 Å². The minimum Gasteiger partial charge on any atom is -1.00 e. The number of rotatable bonds is 5. The van der Waals surface area contributed by atoms with Crippen LogP contribution in [0.25, 0.3) is 16.7 Å². The molecule has 0 unspecified atom stereocenters. The van der Waals surface area contributed by atoms with Crippen molar-refractivity contribution in [2.24, 2.45) is 0 Å². The van der Waals surface area contributed by atoms with Gasteiger partial charge < -0.3 is 24.8 Å². The first kappa shape index (κ1) is 27.5. The first-order valence-corrected chi connectivity index (χ1v) is 16.7. The molecule has 1 nitrogen and oxygen atoms in total.